The molecule has 1 heterocycles. The van der Waals surface area contributed by atoms with Crippen molar-refractivity contribution in [1.82, 2.24) is 0 Å². The molecule has 0 unspecified atom stereocenters. The number of ketones is 1. The highest BCUT2D eigenvalue weighted by atomic mass is 16.7. The summed E-state index contributed by atoms with van der Waals surface area (Å²) in [7, 11) is 1.71. The molecule has 0 aromatic heterocycles. The van der Waals surface area contributed by atoms with Gasteiger partial charge in [0.1, 0.15) is 11.9 Å². The fourth-order valence-corrected chi connectivity index (χ4v) is 10.2. The molecule has 5 heteroatoms. The minimum absolute atomic E-state index is 0.130. The van der Waals surface area contributed by atoms with Crippen LogP contribution in [-0.2, 0) is 14.3 Å². The van der Waals surface area contributed by atoms with Crippen molar-refractivity contribution in [2.45, 2.75) is 124 Å². The van der Waals surface area contributed by atoms with Crippen LogP contribution in [0, 0.1) is 45.3 Å². The Labute approximate surface area is 218 Å². The van der Waals surface area contributed by atoms with E-state index in [9.17, 15) is 15.0 Å². The molecule has 10 atom stereocenters. The fraction of sp³-hybridized carbons (Fsp3) is 0.903. The molecule has 5 nitrogen and oxygen atoms in total. The topological polar surface area (TPSA) is 76.0 Å². The molecule has 36 heavy (non-hydrogen) atoms. The summed E-state index contributed by atoms with van der Waals surface area (Å²) in [6.45, 7) is 15.2. The Hall–Kier alpha value is -0.750. The highest BCUT2D eigenvalue weighted by Gasteiger charge is 2.66. The summed E-state index contributed by atoms with van der Waals surface area (Å²) in [6, 6.07) is 0. The van der Waals surface area contributed by atoms with E-state index in [0.717, 1.165) is 32.1 Å². The van der Waals surface area contributed by atoms with Crippen LogP contribution in [0.2, 0.25) is 0 Å². The number of allylic oxidation sites excluding steroid dienone is 2. The molecule has 1 saturated heterocycles. The van der Waals surface area contributed by atoms with E-state index >= 15 is 0 Å². The molecule has 0 bridgehead atoms. The Bertz CT molecular complexity index is 932. The molecular formula is C31H50O5. The van der Waals surface area contributed by atoms with Crippen molar-refractivity contribution in [3.05, 3.63) is 11.6 Å². The third-order valence-corrected chi connectivity index (χ3v) is 12.6. The molecular weight excluding hydrogens is 452 g/mol. The maximum absolute atomic E-state index is 12.9. The Balaban J connectivity index is 1.45. The minimum atomic E-state index is -1.21. The first-order chi connectivity index (χ1) is 16.6. The highest BCUT2D eigenvalue weighted by Crippen LogP contribution is 2.73. The lowest BCUT2D eigenvalue weighted by atomic mass is 9.41. The number of Topliss-reactive ketones (excluding diaryl/α,β-unsaturated/α-hetero) is 1. The number of aliphatic hydroxyl groups excluding tert-OH is 1. The van der Waals surface area contributed by atoms with Crippen molar-refractivity contribution in [3.8, 4) is 0 Å². The van der Waals surface area contributed by atoms with Crippen molar-refractivity contribution < 1.29 is 24.5 Å². The van der Waals surface area contributed by atoms with Gasteiger partial charge in [-0.15, -0.1) is 0 Å². The van der Waals surface area contributed by atoms with Gasteiger partial charge in [-0.1, -0.05) is 46.3 Å². The van der Waals surface area contributed by atoms with Crippen LogP contribution in [0.4, 0.5) is 0 Å². The summed E-state index contributed by atoms with van der Waals surface area (Å²) < 4.78 is 12.1. The second-order valence-corrected chi connectivity index (χ2v) is 14.9. The number of aliphatic hydroxyl groups is 2. The predicted octanol–water partition coefficient (Wildman–Crippen LogP) is 5.67. The van der Waals surface area contributed by atoms with E-state index in [0.29, 0.717) is 23.5 Å². The summed E-state index contributed by atoms with van der Waals surface area (Å²) in [5, 5.41) is 21.2. The standard InChI is InChI=1S/C31H50O5/c1-27(2)23-10-9-21-20(29(23,5)14-13-24(27)32)12-16-30(6)19(11-15-31(21,30)7)18-17-22(36-26(18)35-8)25(33)28(3,4)34/h9,18-20,22-23,25-26,33-34H,10-17H2,1-8H3/t18-,19+,20+,22+,23-,25-,26-,29-,30-,31+/m0/s1. The van der Waals surface area contributed by atoms with Gasteiger partial charge in [0.25, 0.3) is 0 Å². The van der Waals surface area contributed by atoms with Gasteiger partial charge in [0.15, 0.2) is 6.29 Å². The third kappa shape index (κ3) is 3.51. The van der Waals surface area contributed by atoms with E-state index in [1.54, 1.807) is 26.5 Å². The molecule has 4 aliphatic carbocycles. The van der Waals surface area contributed by atoms with Gasteiger partial charge in [-0.05, 0) is 92.8 Å². The van der Waals surface area contributed by atoms with E-state index in [-0.39, 0.29) is 33.9 Å². The predicted molar refractivity (Wildman–Crippen MR) is 140 cm³/mol. The Morgan fingerprint density at radius 1 is 1.11 bits per heavy atom. The number of carbonyl (C=O) groups excluding carboxylic acids is 1. The molecule has 5 aliphatic rings. The first-order valence-electron chi connectivity index (χ1n) is 14.4. The van der Waals surface area contributed by atoms with Crippen LogP contribution in [0.3, 0.4) is 0 Å². The fourth-order valence-electron chi connectivity index (χ4n) is 10.2. The molecule has 204 valence electrons. The summed E-state index contributed by atoms with van der Waals surface area (Å²) in [5.41, 5.74) is 0.681. The molecule has 5 rings (SSSR count). The summed E-state index contributed by atoms with van der Waals surface area (Å²) >= 11 is 0. The molecule has 0 spiro atoms. The molecule has 0 aromatic rings. The first kappa shape index (κ1) is 26.8. The Morgan fingerprint density at radius 2 is 1.81 bits per heavy atom. The number of rotatable bonds is 4. The summed E-state index contributed by atoms with van der Waals surface area (Å²) in [4.78, 5) is 12.9. The van der Waals surface area contributed by atoms with Crippen molar-refractivity contribution in [1.29, 1.82) is 0 Å². The maximum atomic E-state index is 12.9. The molecule has 4 fully saturated rings. The van der Waals surface area contributed by atoms with Gasteiger partial charge < -0.3 is 19.7 Å². The minimum Gasteiger partial charge on any atom is -0.388 e. The largest absolute Gasteiger partial charge is 0.388 e. The van der Waals surface area contributed by atoms with Crippen LogP contribution in [0.15, 0.2) is 11.6 Å². The molecule has 0 aromatic carbocycles. The number of hydrogen-bond donors (Lipinski definition) is 2. The number of carbonyl (C=O) groups is 1. The van der Waals surface area contributed by atoms with Gasteiger partial charge >= 0.3 is 0 Å². The van der Waals surface area contributed by atoms with E-state index < -0.39 is 17.8 Å². The highest BCUT2D eigenvalue weighted by molar-refractivity contribution is 5.85. The lowest BCUT2D eigenvalue weighted by Gasteiger charge is -2.63. The molecule has 0 amide bonds. The van der Waals surface area contributed by atoms with Crippen LogP contribution < -0.4 is 0 Å². The number of fused-ring (bicyclic) bond motifs is 5. The van der Waals surface area contributed by atoms with Crippen LogP contribution in [0.1, 0.15) is 99.8 Å². The molecule has 3 saturated carbocycles. The first-order valence-corrected chi connectivity index (χ1v) is 14.4. The maximum Gasteiger partial charge on any atom is 0.160 e. The van der Waals surface area contributed by atoms with Gasteiger partial charge in [-0.25, -0.2) is 0 Å². The number of ether oxygens (including phenoxy) is 2. The van der Waals surface area contributed by atoms with E-state index in [4.69, 9.17) is 9.47 Å². The zero-order valence-electron chi connectivity index (χ0n) is 23.9. The second kappa shape index (κ2) is 8.37. The molecule has 0 radical (unpaired) electrons. The Kier molecular flexibility index (Phi) is 6.24. The van der Waals surface area contributed by atoms with Gasteiger partial charge in [-0.2, -0.15) is 0 Å². The van der Waals surface area contributed by atoms with Crippen LogP contribution in [-0.4, -0.2) is 47.2 Å². The van der Waals surface area contributed by atoms with E-state index in [1.807, 2.05) is 0 Å². The van der Waals surface area contributed by atoms with Crippen molar-refractivity contribution >= 4 is 5.78 Å². The zero-order chi connectivity index (χ0) is 26.5. The van der Waals surface area contributed by atoms with Crippen molar-refractivity contribution in [2.75, 3.05) is 7.11 Å². The lowest BCUT2D eigenvalue weighted by Crippen LogP contribution is -2.57. The lowest BCUT2D eigenvalue weighted by molar-refractivity contribution is -0.184. The van der Waals surface area contributed by atoms with Gasteiger partial charge in [-0.3, -0.25) is 4.79 Å². The normalized spacial score (nSPS) is 49.2. The van der Waals surface area contributed by atoms with Crippen LogP contribution in [0.25, 0.3) is 0 Å². The SMILES string of the molecule is CO[C@H]1O[C@@H]([C@H](O)C(C)(C)O)C[C@H]1[C@H]1CC[C@]2(C)C3=CC[C@H]4C(C)(C)C(=O)CC[C@@]4(C)[C@@H]3CC[C@@]12C. The van der Waals surface area contributed by atoms with Gasteiger partial charge in [0, 0.05) is 24.9 Å². The molecule has 1 aliphatic heterocycles. The van der Waals surface area contributed by atoms with Gasteiger partial charge in [0.05, 0.1) is 11.7 Å². The van der Waals surface area contributed by atoms with Crippen LogP contribution >= 0.6 is 0 Å². The third-order valence-electron chi connectivity index (χ3n) is 12.6. The van der Waals surface area contributed by atoms with Crippen molar-refractivity contribution in [3.63, 3.8) is 0 Å². The number of hydrogen-bond acceptors (Lipinski definition) is 5. The van der Waals surface area contributed by atoms with E-state index in [1.165, 1.54) is 19.3 Å². The van der Waals surface area contributed by atoms with Crippen molar-refractivity contribution in [2.24, 2.45) is 45.3 Å². The van der Waals surface area contributed by atoms with Crippen LogP contribution in [0.5, 0.6) is 0 Å². The van der Waals surface area contributed by atoms with Gasteiger partial charge in [0.2, 0.25) is 0 Å². The summed E-state index contributed by atoms with van der Waals surface area (Å²) in [5.74, 6) is 2.09. The monoisotopic (exact) mass is 502 g/mol. The smallest absolute Gasteiger partial charge is 0.160 e. The van der Waals surface area contributed by atoms with E-state index in [2.05, 4.69) is 40.7 Å². The zero-order valence-corrected chi connectivity index (χ0v) is 23.9. The number of methoxy groups -OCH3 is 1. The average molecular weight is 503 g/mol. The molecule has 2 N–H and O–H groups in total. The summed E-state index contributed by atoms with van der Waals surface area (Å²) in [6.07, 6.45) is 9.03. The second-order valence-electron chi connectivity index (χ2n) is 14.9. The quantitative estimate of drug-likeness (QED) is 0.485. The average Bonchev–Trinajstić information content (AvgIpc) is 3.33. The Morgan fingerprint density at radius 3 is 2.44 bits per heavy atom.